The van der Waals surface area contributed by atoms with Crippen LogP contribution >= 0.6 is 23.2 Å². The lowest BCUT2D eigenvalue weighted by atomic mass is 10.2. The Morgan fingerprint density at radius 2 is 2.08 bits per heavy atom. The summed E-state index contributed by atoms with van der Waals surface area (Å²) in [6.07, 6.45) is 2.64. The van der Waals surface area contributed by atoms with Crippen molar-refractivity contribution in [1.29, 1.82) is 0 Å². The van der Waals surface area contributed by atoms with Crippen molar-refractivity contribution in [3.8, 4) is 11.3 Å². The van der Waals surface area contributed by atoms with Gasteiger partial charge in [-0.15, -0.1) is 0 Å². The van der Waals surface area contributed by atoms with Crippen LogP contribution in [0.4, 0.5) is 0 Å². The number of hydrogen-bond acceptors (Lipinski definition) is 3. The zero-order valence-electron chi connectivity index (χ0n) is 13.4. The standard InChI is InChI=1S/C18H20Cl2N2O2/c19-13-4-6-16(20)15(11-13)17-7-5-14(24-17)12-21-8-2-10-22-9-1-3-18(22)23/h4-7,11,21H,1-3,8-10,12H2. The van der Waals surface area contributed by atoms with Crippen LogP contribution < -0.4 is 5.32 Å². The van der Waals surface area contributed by atoms with Crippen LogP contribution in [0.5, 0.6) is 0 Å². The largest absolute Gasteiger partial charge is 0.460 e. The molecule has 0 bridgehead atoms. The molecule has 1 fully saturated rings. The summed E-state index contributed by atoms with van der Waals surface area (Å²) in [5, 5.41) is 4.58. The first kappa shape index (κ1) is 17.3. The van der Waals surface area contributed by atoms with E-state index in [1.54, 1.807) is 18.2 Å². The molecule has 0 atom stereocenters. The maximum Gasteiger partial charge on any atom is 0.222 e. The van der Waals surface area contributed by atoms with Crippen LogP contribution in [0.25, 0.3) is 11.3 Å². The molecular formula is C18H20Cl2N2O2. The predicted octanol–water partition coefficient (Wildman–Crippen LogP) is 4.36. The van der Waals surface area contributed by atoms with Crippen molar-refractivity contribution < 1.29 is 9.21 Å². The van der Waals surface area contributed by atoms with Gasteiger partial charge in [0.25, 0.3) is 0 Å². The van der Waals surface area contributed by atoms with Crippen molar-refractivity contribution in [2.45, 2.75) is 25.8 Å². The highest BCUT2D eigenvalue weighted by atomic mass is 35.5. The summed E-state index contributed by atoms with van der Waals surface area (Å²) in [7, 11) is 0. The van der Waals surface area contributed by atoms with E-state index in [0.717, 1.165) is 43.8 Å². The Hall–Kier alpha value is -1.49. The number of likely N-dealkylation sites (tertiary alicyclic amines) is 1. The monoisotopic (exact) mass is 366 g/mol. The van der Waals surface area contributed by atoms with Crippen molar-refractivity contribution >= 4 is 29.1 Å². The lowest BCUT2D eigenvalue weighted by Crippen LogP contribution is -2.28. The molecular weight excluding hydrogens is 347 g/mol. The summed E-state index contributed by atoms with van der Waals surface area (Å²) >= 11 is 12.2. The first-order chi connectivity index (χ1) is 11.6. The van der Waals surface area contributed by atoms with Crippen LogP contribution in [0.3, 0.4) is 0 Å². The van der Waals surface area contributed by atoms with E-state index in [1.165, 1.54) is 0 Å². The number of carbonyl (C=O) groups is 1. The fraction of sp³-hybridized carbons (Fsp3) is 0.389. The molecule has 128 valence electrons. The number of benzene rings is 1. The van der Waals surface area contributed by atoms with Gasteiger partial charge in [-0.25, -0.2) is 0 Å². The molecule has 0 aliphatic carbocycles. The quantitative estimate of drug-likeness (QED) is 0.740. The highest BCUT2D eigenvalue weighted by Crippen LogP contribution is 2.31. The van der Waals surface area contributed by atoms with Crippen molar-refractivity contribution in [2.24, 2.45) is 0 Å². The van der Waals surface area contributed by atoms with Crippen LogP contribution in [-0.2, 0) is 11.3 Å². The van der Waals surface area contributed by atoms with E-state index >= 15 is 0 Å². The maximum absolute atomic E-state index is 11.5. The number of furan rings is 1. The zero-order valence-corrected chi connectivity index (χ0v) is 14.9. The lowest BCUT2D eigenvalue weighted by Gasteiger charge is -2.15. The third-order valence-corrected chi connectivity index (χ3v) is 4.67. The van der Waals surface area contributed by atoms with Crippen LogP contribution in [0, 0.1) is 0 Å². The molecule has 1 aromatic heterocycles. The molecule has 1 aromatic carbocycles. The Labute approximate surface area is 151 Å². The molecule has 2 aromatic rings. The second kappa shape index (κ2) is 8.06. The Morgan fingerprint density at radius 1 is 1.21 bits per heavy atom. The molecule has 4 nitrogen and oxygen atoms in total. The van der Waals surface area contributed by atoms with Gasteiger partial charge in [0.15, 0.2) is 0 Å². The van der Waals surface area contributed by atoms with Gasteiger partial charge in [-0.05, 0) is 49.7 Å². The van der Waals surface area contributed by atoms with Crippen LogP contribution in [0.2, 0.25) is 10.0 Å². The Bertz CT molecular complexity index is 715. The number of carbonyl (C=O) groups excluding carboxylic acids is 1. The van der Waals surface area contributed by atoms with E-state index in [4.69, 9.17) is 27.6 Å². The topological polar surface area (TPSA) is 45.5 Å². The van der Waals surface area contributed by atoms with Gasteiger partial charge in [-0.1, -0.05) is 23.2 Å². The fourth-order valence-electron chi connectivity index (χ4n) is 2.85. The van der Waals surface area contributed by atoms with Crippen molar-refractivity contribution in [3.63, 3.8) is 0 Å². The lowest BCUT2D eigenvalue weighted by molar-refractivity contribution is -0.127. The third-order valence-electron chi connectivity index (χ3n) is 4.11. The second-order valence-corrected chi connectivity index (χ2v) is 6.75. The molecule has 0 spiro atoms. The van der Waals surface area contributed by atoms with E-state index in [0.29, 0.717) is 28.8 Å². The highest BCUT2D eigenvalue weighted by molar-refractivity contribution is 6.35. The minimum Gasteiger partial charge on any atom is -0.460 e. The SMILES string of the molecule is O=C1CCCN1CCCNCc1ccc(-c2cc(Cl)ccc2Cl)o1. The average Bonchev–Trinajstić information content (AvgIpc) is 3.19. The number of rotatable bonds is 7. The van der Waals surface area contributed by atoms with Crippen molar-refractivity contribution in [3.05, 3.63) is 46.1 Å². The Balaban J connectivity index is 1.46. The molecule has 2 heterocycles. The molecule has 1 aliphatic rings. The summed E-state index contributed by atoms with van der Waals surface area (Å²) in [4.78, 5) is 13.5. The number of amides is 1. The molecule has 1 amide bonds. The zero-order chi connectivity index (χ0) is 16.9. The minimum atomic E-state index is 0.282. The van der Waals surface area contributed by atoms with Crippen LogP contribution in [0.15, 0.2) is 34.7 Å². The van der Waals surface area contributed by atoms with E-state index in [-0.39, 0.29) is 5.91 Å². The third kappa shape index (κ3) is 4.32. The molecule has 1 saturated heterocycles. The van der Waals surface area contributed by atoms with Crippen LogP contribution in [-0.4, -0.2) is 30.4 Å². The summed E-state index contributed by atoms with van der Waals surface area (Å²) in [5.74, 6) is 1.84. The molecule has 3 rings (SSSR count). The number of nitrogens with zero attached hydrogens (tertiary/aromatic N) is 1. The van der Waals surface area contributed by atoms with E-state index in [1.807, 2.05) is 17.0 Å². The average molecular weight is 367 g/mol. The second-order valence-electron chi connectivity index (χ2n) is 5.90. The van der Waals surface area contributed by atoms with E-state index in [2.05, 4.69) is 5.32 Å². The van der Waals surface area contributed by atoms with Gasteiger partial charge >= 0.3 is 0 Å². The van der Waals surface area contributed by atoms with Gasteiger partial charge in [-0.2, -0.15) is 0 Å². The smallest absolute Gasteiger partial charge is 0.222 e. The van der Waals surface area contributed by atoms with Gasteiger partial charge in [0.2, 0.25) is 5.91 Å². The van der Waals surface area contributed by atoms with Gasteiger partial charge in [0.05, 0.1) is 11.6 Å². The maximum atomic E-state index is 11.5. The molecule has 1 N–H and O–H groups in total. The summed E-state index contributed by atoms with van der Waals surface area (Å²) in [6.45, 7) is 3.22. The van der Waals surface area contributed by atoms with Gasteiger partial charge < -0.3 is 14.6 Å². The number of halogens is 2. The normalized spacial score (nSPS) is 14.6. The number of hydrogen-bond donors (Lipinski definition) is 1. The van der Waals surface area contributed by atoms with E-state index in [9.17, 15) is 4.79 Å². The summed E-state index contributed by atoms with van der Waals surface area (Å²) < 4.78 is 5.83. The number of nitrogens with one attached hydrogen (secondary N) is 1. The van der Waals surface area contributed by atoms with Gasteiger partial charge in [-0.3, -0.25) is 4.79 Å². The van der Waals surface area contributed by atoms with Crippen LogP contribution in [0.1, 0.15) is 25.0 Å². The first-order valence-electron chi connectivity index (χ1n) is 8.16. The molecule has 0 saturated carbocycles. The van der Waals surface area contributed by atoms with Gasteiger partial charge in [0, 0.05) is 30.1 Å². The highest BCUT2D eigenvalue weighted by Gasteiger charge is 2.18. The van der Waals surface area contributed by atoms with E-state index < -0.39 is 0 Å². The molecule has 0 unspecified atom stereocenters. The Kier molecular flexibility index (Phi) is 5.82. The van der Waals surface area contributed by atoms with Gasteiger partial charge in [0.1, 0.15) is 11.5 Å². The molecule has 0 radical (unpaired) electrons. The predicted molar refractivity (Wildman–Crippen MR) is 96.3 cm³/mol. The van der Waals surface area contributed by atoms with Crippen molar-refractivity contribution in [1.82, 2.24) is 10.2 Å². The van der Waals surface area contributed by atoms with Crippen molar-refractivity contribution in [2.75, 3.05) is 19.6 Å². The summed E-state index contributed by atoms with van der Waals surface area (Å²) in [6, 6.07) is 9.15. The minimum absolute atomic E-state index is 0.282. The first-order valence-corrected chi connectivity index (χ1v) is 8.92. The fourth-order valence-corrected chi connectivity index (χ4v) is 3.23. The molecule has 6 heteroatoms. The molecule has 24 heavy (non-hydrogen) atoms. The summed E-state index contributed by atoms with van der Waals surface area (Å²) in [5.41, 5.74) is 0.794. The molecule has 1 aliphatic heterocycles. The Morgan fingerprint density at radius 3 is 2.88 bits per heavy atom.